The van der Waals surface area contributed by atoms with E-state index in [0.29, 0.717) is 29.6 Å². The van der Waals surface area contributed by atoms with Crippen LogP contribution in [0.5, 0.6) is 0 Å². The molecule has 7 heteroatoms. The maximum absolute atomic E-state index is 13.1. The lowest BCUT2D eigenvalue weighted by atomic mass is 10.1. The van der Waals surface area contributed by atoms with Gasteiger partial charge in [0, 0.05) is 36.8 Å². The van der Waals surface area contributed by atoms with Crippen LogP contribution in [-0.2, 0) is 13.0 Å². The minimum Gasteiger partial charge on any atom is -0.340 e. The first kappa shape index (κ1) is 22.5. The lowest BCUT2D eigenvalue weighted by Crippen LogP contribution is -2.32. The summed E-state index contributed by atoms with van der Waals surface area (Å²) in [7, 11) is 1.79. The number of rotatable bonds is 9. The molecule has 0 aliphatic carbocycles. The van der Waals surface area contributed by atoms with Crippen LogP contribution in [0, 0.1) is 0 Å². The molecular formula is C26H29N5O2. The van der Waals surface area contributed by atoms with Gasteiger partial charge in [0.2, 0.25) is 0 Å². The molecule has 2 aromatic carbocycles. The number of carbonyl (C=O) groups excluding carboxylic acids is 1. The zero-order valence-electron chi connectivity index (χ0n) is 19.1. The summed E-state index contributed by atoms with van der Waals surface area (Å²) >= 11 is 0. The molecule has 0 spiro atoms. The molecule has 0 aliphatic rings. The lowest BCUT2D eigenvalue weighted by Gasteiger charge is -2.18. The molecule has 33 heavy (non-hydrogen) atoms. The number of aryl methyl sites for hydroxylation is 2. The molecule has 0 bridgehead atoms. The van der Waals surface area contributed by atoms with E-state index in [1.54, 1.807) is 24.1 Å². The number of fused-ring (bicyclic) bond motifs is 1. The molecule has 0 unspecified atom stereocenters. The van der Waals surface area contributed by atoms with Crippen molar-refractivity contribution in [2.45, 2.75) is 39.2 Å². The average Bonchev–Trinajstić information content (AvgIpc) is 3.33. The van der Waals surface area contributed by atoms with Crippen LogP contribution in [0.15, 0.2) is 65.5 Å². The molecular weight excluding hydrogens is 414 g/mol. The number of nitrogens with one attached hydrogen (secondary N) is 1. The lowest BCUT2D eigenvalue weighted by molar-refractivity contribution is 0.0786. The molecule has 2 heterocycles. The van der Waals surface area contributed by atoms with Crippen LogP contribution in [0.3, 0.4) is 0 Å². The van der Waals surface area contributed by atoms with E-state index in [-0.39, 0.29) is 11.5 Å². The number of carbonyl (C=O) groups is 1. The standard InChI is InChI=1S/C26H29N5O2/c1-3-31-25(32)22-16-10-9-15-21(22)24(29-31)26(33)30(2)17-11-5-8-14-20-18-23(28-27-20)19-12-6-4-7-13-19/h4,6-7,9-10,12-13,15-16,18H,3,5,8,11,14,17H2,1-2H3,(H,27,28). The summed E-state index contributed by atoms with van der Waals surface area (Å²) in [4.78, 5) is 27.3. The summed E-state index contributed by atoms with van der Waals surface area (Å²) in [5.74, 6) is -0.158. The minimum atomic E-state index is -0.165. The normalized spacial score (nSPS) is 11.1. The molecule has 0 fully saturated rings. The summed E-state index contributed by atoms with van der Waals surface area (Å²) in [6.45, 7) is 2.91. The Morgan fingerprint density at radius 1 is 1.00 bits per heavy atom. The van der Waals surface area contributed by atoms with Gasteiger partial charge in [-0.05, 0) is 38.3 Å². The first-order valence-corrected chi connectivity index (χ1v) is 11.4. The fourth-order valence-corrected chi connectivity index (χ4v) is 3.98. The summed E-state index contributed by atoms with van der Waals surface area (Å²) < 4.78 is 1.36. The second-order valence-electron chi connectivity index (χ2n) is 8.20. The zero-order chi connectivity index (χ0) is 23.2. The molecule has 2 aromatic heterocycles. The summed E-state index contributed by atoms with van der Waals surface area (Å²) in [5, 5.41) is 13.0. The van der Waals surface area contributed by atoms with E-state index >= 15 is 0 Å². The van der Waals surface area contributed by atoms with Crippen LogP contribution in [0.25, 0.3) is 22.0 Å². The molecule has 170 valence electrons. The first-order chi connectivity index (χ1) is 16.1. The number of hydrogen-bond acceptors (Lipinski definition) is 4. The third-order valence-electron chi connectivity index (χ3n) is 5.86. The smallest absolute Gasteiger partial charge is 0.274 e. The highest BCUT2D eigenvalue weighted by molar-refractivity contribution is 6.04. The number of nitrogens with zero attached hydrogens (tertiary/aromatic N) is 4. The molecule has 4 aromatic rings. The van der Waals surface area contributed by atoms with Crippen LogP contribution < -0.4 is 5.56 Å². The molecule has 4 rings (SSSR count). The van der Waals surface area contributed by atoms with E-state index in [4.69, 9.17) is 0 Å². The van der Waals surface area contributed by atoms with Crippen molar-refractivity contribution in [1.29, 1.82) is 0 Å². The Morgan fingerprint density at radius 2 is 1.73 bits per heavy atom. The molecule has 1 amide bonds. The highest BCUT2D eigenvalue weighted by Gasteiger charge is 2.19. The quantitative estimate of drug-likeness (QED) is 0.391. The van der Waals surface area contributed by atoms with E-state index < -0.39 is 0 Å². The predicted octanol–water partition coefficient (Wildman–Crippen LogP) is 4.29. The third-order valence-corrected chi connectivity index (χ3v) is 5.86. The van der Waals surface area contributed by atoms with Crippen molar-refractivity contribution >= 4 is 16.7 Å². The highest BCUT2D eigenvalue weighted by atomic mass is 16.2. The van der Waals surface area contributed by atoms with Crippen molar-refractivity contribution in [2.24, 2.45) is 0 Å². The largest absolute Gasteiger partial charge is 0.340 e. The van der Waals surface area contributed by atoms with Gasteiger partial charge in [0.15, 0.2) is 5.69 Å². The number of aromatic amines is 1. The highest BCUT2D eigenvalue weighted by Crippen LogP contribution is 2.18. The van der Waals surface area contributed by atoms with Gasteiger partial charge in [-0.1, -0.05) is 55.0 Å². The van der Waals surface area contributed by atoms with Gasteiger partial charge in [-0.25, -0.2) is 4.68 Å². The number of hydrogen-bond donors (Lipinski definition) is 1. The van der Waals surface area contributed by atoms with Crippen LogP contribution in [0.2, 0.25) is 0 Å². The van der Waals surface area contributed by atoms with Gasteiger partial charge in [-0.2, -0.15) is 10.2 Å². The predicted molar refractivity (Wildman–Crippen MR) is 130 cm³/mol. The first-order valence-electron chi connectivity index (χ1n) is 11.4. The number of H-pyrrole nitrogens is 1. The molecule has 0 saturated heterocycles. The minimum absolute atomic E-state index is 0.158. The van der Waals surface area contributed by atoms with E-state index in [0.717, 1.165) is 42.6 Å². The second-order valence-corrected chi connectivity index (χ2v) is 8.20. The third kappa shape index (κ3) is 5.03. The maximum Gasteiger partial charge on any atom is 0.274 e. The Bertz CT molecular complexity index is 1290. The van der Waals surface area contributed by atoms with Gasteiger partial charge in [0.25, 0.3) is 11.5 Å². The molecule has 1 N–H and O–H groups in total. The van der Waals surface area contributed by atoms with Gasteiger partial charge < -0.3 is 4.90 Å². The van der Waals surface area contributed by atoms with E-state index in [2.05, 4.69) is 33.5 Å². The van der Waals surface area contributed by atoms with Gasteiger partial charge in [0.1, 0.15) is 0 Å². The Morgan fingerprint density at radius 3 is 2.48 bits per heavy atom. The van der Waals surface area contributed by atoms with E-state index in [1.807, 2.05) is 37.3 Å². The van der Waals surface area contributed by atoms with Crippen LogP contribution in [0.1, 0.15) is 42.4 Å². The maximum atomic E-state index is 13.1. The molecule has 0 atom stereocenters. The number of aromatic nitrogens is 4. The Kier molecular flexibility index (Phi) is 6.98. The molecule has 0 saturated carbocycles. The van der Waals surface area contributed by atoms with Crippen molar-refractivity contribution < 1.29 is 4.79 Å². The fourth-order valence-electron chi connectivity index (χ4n) is 3.98. The fraction of sp³-hybridized carbons (Fsp3) is 0.308. The van der Waals surface area contributed by atoms with Gasteiger partial charge >= 0.3 is 0 Å². The summed E-state index contributed by atoms with van der Waals surface area (Å²) in [5.41, 5.74) is 3.36. The Hall–Kier alpha value is -3.74. The second kappa shape index (κ2) is 10.3. The summed E-state index contributed by atoms with van der Waals surface area (Å²) in [6.07, 6.45) is 3.83. The van der Waals surface area contributed by atoms with Gasteiger partial charge in [0.05, 0.1) is 11.1 Å². The number of unbranched alkanes of at least 4 members (excludes halogenated alkanes) is 2. The van der Waals surface area contributed by atoms with Crippen LogP contribution in [-0.4, -0.2) is 44.4 Å². The monoisotopic (exact) mass is 443 g/mol. The van der Waals surface area contributed by atoms with E-state index in [9.17, 15) is 9.59 Å². The Balaban J connectivity index is 1.31. The molecule has 0 radical (unpaired) electrons. The Labute approximate surface area is 193 Å². The SMILES string of the molecule is CCn1nc(C(=O)N(C)CCCCCc2cc(-c3ccccc3)n[nH]2)c2ccccc2c1=O. The van der Waals surface area contributed by atoms with Crippen molar-refractivity contribution in [1.82, 2.24) is 24.9 Å². The molecule has 0 aliphatic heterocycles. The zero-order valence-corrected chi connectivity index (χ0v) is 19.1. The number of amides is 1. The summed E-state index contributed by atoms with van der Waals surface area (Å²) in [6, 6.07) is 19.4. The number of benzene rings is 2. The van der Waals surface area contributed by atoms with Crippen LogP contribution in [0.4, 0.5) is 0 Å². The van der Waals surface area contributed by atoms with Crippen molar-refractivity contribution in [3.63, 3.8) is 0 Å². The average molecular weight is 444 g/mol. The van der Waals surface area contributed by atoms with Crippen LogP contribution >= 0.6 is 0 Å². The van der Waals surface area contributed by atoms with E-state index in [1.165, 1.54) is 4.68 Å². The van der Waals surface area contributed by atoms with Crippen molar-refractivity contribution in [3.8, 4) is 11.3 Å². The topological polar surface area (TPSA) is 83.9 Å². The van der Waals surface area contributed by atoms with Crippen molar-refractivity contribution in [2.75, 3.05) is 13.6 Å². The molecule has 7 nitrogen and oxygen atoms in total. The van der Waals surface area contributed by atoms with Gasteiger partial charge in [-0.3, -0.25) is 14.7 Å². The van der Waals surface area contributed by atoms with Gasteiger partial charge in [-0.15, -0.1) is 0 Å². The van der Waals surface area contributed by atoms with Crippen molar-refractivity contribution in [3.05, 3.63) is 82.4 Å².